The van der Waals surface area contributed by atoms with Crippen LogP contribution in [0.5, 0.6) is 0 Å². The number of carbonyl (C=O) groups is 1. The van der Waals surface area contributed by atoms with Crippen LogP contribution < -0.4 is 5.32 Å². The first kappa shape index (κ1) is 9.67. The Balaban J connectivity index is 2.39. The van der Waals surface area contributed by atoms with Gasteiger partial charge in [0.1, 0.15) is 0 Å². The van der Waals surface area contributed by atoms with Gasteiger partial charge in [-0.3, -0.25) is 4.79 Å². The Hall–Kier alpha value is -1.88. The van der Waals surface area contributed by atoms with Gasteiger partial charge in [0, 0.05) is 12.4 Å². The van der Waals surface area contributed by atoms with Crippen molar-refractivity contribution in [2.24, 2.45) is 0 Å². The maximum Gasteiger partial charge on any atom is 0.211 e. The van der Waals surface area contributed by atoms with E-state index in [1.807, 2.05) is 0 Å². The molecule has 2 aromatic rings. The quantitative estimate of drug-likeness (QED) is 0.801. The molecule has 0 spiro atoms. The summed E-state index contributed by atoms with van der Waals surface area (Å²) in [7, 11) is 0. The maximum absolute atomic E-state index is 10.2. The van der Waals surface area contributed by atoms with Crippen molar-refractivity contribution in [3.63, 3.8) is 0 Å². The standard InChI is InChI=1S/C9H7ClN4O/c10-8-4-7(12-6-15)5-11-9(8)14-3-1-2-13-14/h1-6H,(H,12,15). The van der Waals surface area contributed by atoms with Crippen molar-refractivity contribution in [3.8, 4) is 5.82 Å². The number of hydrogen-bond acceptors (Lipinski definition) is 3. The Morgan fingerprint density at radius 1 is 1.53 bits per heavy atom. The number of rotatable bonds is 3. The van der Waals surface area contributed by atoms with Gasteiger partial charge in [-0.15, -0.1) is 0 Å². The molecule has 0 unspecified atom stereocenters. The average Bonchev–Trinajstić information content (AvgIpc) is 2.71. The summed E-state index contributed by atoms with van der Waals surface area (Å²) in [4.78, 5) is 14.3. The SMILES string of the molecule is O=CNc1cnc(-n2cccn2)c(Cl)c1. The molecule has 0 aromatic carbocycles. The summed E-state index contributed by atoms with van der Waals surface area (Å²) in [6, 6.07) is 3.38. The van der Waals surface area contributed by atoms with E-state index in [2.05, 4.69) is 15.4 Å². The summed E-state index contributed by atoms with van der Waals surface area (Å²) in [5.74, 6) is 0.526. The smallest absolute Gasteiger partial charge is 0.211 e. The Morgan fingerprint density at radius 2 is 2.40 bits per heavy atom. The van der Waals surface area contributed by atoms with Crippen LogP contribution in [-0.4, -0.2) is 21.2 Å². The van der Waals surface area contributed by atoms with Gasteiger partial charge in [0.15, 0.2) is 5.82 Å². The largest absolute Gasteiger partial charge is 0.327 e. The van der Waals surface area contributed by atoms with E-state index in [9.17, 15) is 4.79 Å². The predicted molar refractivity (Wildman–Crippen MR) is 56.1 cm³/mol. The van der Waals surface area contributed by atoms with Gasteiger partial charge in [-0.1, -0.05) is 11.6 Å². The van der Waals surface area contributed by atoms with Gasteiger partial charge in [0.25, 0.3) is 0 Å². The third kappa shape index (κ3) is 1.97. The Labute approximate surface area is 90.7 Å². The van der Waals surface area contributed by atoms with Crippen LogP contribution in [0.2, 0.25) is 5.02 Å². The van der Waals surface area contributed by atoms with Crippen LogP contribution in [0.15, 0.2) is 30.7 Å². The lowest BCUT2D eigenvalue weighted by atomic mass is 10.4. The minimum Gasteiger partial charge on any atom is -0.327 e. The zero-order valence-electron chi connectivity index (χ0n) is 7.59. The molecule has 0 saturated carbocycles. The lowest BCUT2D eigenvalue weighted by Crippen LogP contribution is -2.01. The molecule has 2 heterocycles. The van der Waals surface area contributed by atoms with Gasteiger partial charge in [0.2, 0.25) is 6.41 Å². The first-order valence-corrected chi connectivity index (χ1v) is 4.55. The maximum atomic E-state index is 10.2. The molecule has 6 heteroatoms. The lowest BCUT2D eigenvalue weighted by Gasteiger charge is -2.04. The zero-order chi connectivity index (χ0) is 10.7. The molecule has 2 rings (SSSR count). The van der Waals surface area contributed by atoms with Crippen molar-refractivity contribution in [1.82, 2.24) is 14.8 Å². The number of carbonyl (C=O) groups excluding carboxylic acids is 1. The van der Waals surface area contributed by atoms with Gasteiger partial charge in [-0.05, 0) is 12.1 Å². The molecular formula is C9H7ClN4O. The minimum absolute atomic E-state index is 0.422. The van der Waals surface area contributed by atoms with E-state index < -0.39 is 0 Å². The number of halogens is 1. The van der Waals surface area contributed by atoms with Gasteiger partial charge >= 0.3 is 0 Å². The summed E-state index contributed by atoms with van der Waals surface area (Å²) >= 11 is 5.98. The summed E-state index contributed by atoms with van der Waals surface area (Å²) in [6.45, 7) is 0. The molecule has 15 heavy (non-hydrogen) atoms. The second-order valence-corrected chi connectivity index (χ2v) is 3.15. The number of nitrogens with zero attached hydrogens (tertiary/aromatic N) is 3. The topological polar surface area (TPSA) is 59.8 Å². The fraction of sp³-hybridized carbons (Fsp3) is 0. The number of aromatic nitrogens is 3. The third-order valence-corrected chi connectivity index (χ3v) is 2.05. The molecule has 0 fully saturated rings. The van der Waals surface area contributed by atoms with Crippen LogP contribution in [0, 0.1) is 0 Å². The summed E-state index contributed by atoms with van der Waals surface area (Å²) in [5, 5.41) is 6.89. The lowest BCUT2D eigenvalue weighted by molar-refractivity contribution is -0.105. The van der Waals surface area contributed by atoms with Crippen LogP contribution in [0.25, 0.3) is 5.82 Å². The highest BCUT2D eigenvalue weighted by Crippen LogP contribution is 2.20. The normalized spacial score (nSPS) is 9.93. The number of pyridine rings is 1. The van der Waals surface area contributed by atoms with Gasteiger partial charge in [-0.2, -0.15) is 5.10 Å². The molecule has 76 valence electrons. The van der Waals surface area contributed by atoms with Crippen molar-refractivity contribution in [1.29, 1.82) is 0 Å². The Kier molecular flexibility index (Phi) is 2.64. The fourth-order valence-corrected chi connectivity index (χ4v) is 1.39. The minimum atomic E-state index is 0.422. The summed E-state index contributed by atoms with van der Waals surface area (Å²) in [6.07, 6.45) is 5.45. The number of nitrogens with one attached hydrogen (secondary N) is 1. The molecule has 2 aromatic heterocycles. The highest BCUT2D eigenvalue weighted by molar-refractivity contribution is 6.32. The van der Waals surface area contributed by atoms with E-state index in [0.717, 1.165) is 0 Å². The van der Waals surface area contributed by atoms with Crippen LogP contribution in [0.3, 0.4) is 0 Å². The summed E-state index contributed by atoms with van der Waals surface area (Å²) < 4.78 is 1.55. The van der Waals surface area contributed by atoms with Crippen LogP contribution in [-0.2, 0) is 4.79 Å². The second kappa shape index (κ2) is 4.10. The van der Waals surface area contributed by atoms with E-state index in [0.29, 0.717) is 22.9 Å². The first-order chi connectivity index (χ1) is 7.31. The molecule has 0 radical (unpaired) electrons. The van der Waals surface area contributed by atoms with Crippen molar-refractivity contribution in [2.75, 3.05) is 5.32 Å². The average molecular weight is 223 g/mol. The van der Waals surface area contributed by atoms with Crippen molar-refractivity contribution in [3.05, 3.63) is 35.7 Å². The predicted octanol–water partition coefficient (Wildman–Crippen LogP) is 1.49. The Bertz CT molecular complexity index is 469. The van der Waals surface area contributed by atoms with E-state index in [1.54, 1.807) is 29.2 Å². The number of amides is 1. The van der Waals surface area contributed by atoms with Crippen LogP contribution in [0.1, 0.15) is 0 Å². The van der Waals surface area contributed by atoms with E-state index in [1.165, 1.54) is 6.20 Å². The van der Waals surface area contributed by atoms with E-state index in [-0.39, 0.29) is 0 Å². The Morgan fingerprint density at radius 3 is 3.00 bits per heavy atom. The van der Waals surface area contributed by atoms with Crippen molar-refractivity contribution >= 4 is 23.7 Å². The molecule has 0 aliphatic carbocycles. The number of hydrogen-bond donors (Lipinski definition) is 1. The molecule has 5 nitrogen and oxygen atoms in total. The van der Waals surface area contributed by atoms with Gasteiger partial charge < -0.3 is 5.32 Å². The van der Waals surface area contributed by atoms with E-state index >= 15 is 0 Å². The molecule has 1 N–H and O–H groups in total. The monoisotopic (exact) mass is 222 g/mol. The fourth-order valence-electron chi connectivity index (χ4n) is 1.14. The molecule has 1 amide bonds. The third-order valence-electron chi connectivity index (χ3n) is 1.77. The molecule has 0 saturated heterocycles. The van der Waals surface area contributed by atoms with Gasteiger partial charge in [-0.25, -0.2) is 9.67 Å². The number of anilines is 1. The second-order valence-electron chi connectivity index (χ2n) is 2.74. The molecule has 0 bridgehead atoms. The van der Waals surface area contributed by atoms with Crippen molar-refractivity contribution in [2.45, 2.75) is 0 Å². The van der Waals surface area contributed by atoms with Gasteiger partial charge in [0.05, 0.1) is 16.9 Å². The molecule has 0 atom stereocenters. The van der Waals surface area contributed by atoms with Crippen LogP contribution >= 0.6 is 11.6 Å². The molecular weight excluding hydrogens is 216 g/mol. The summed E-state index contributed by atoms with van der Waals surface area (Å²) in [5.41, 5.74) is 0.547. The molecule has 0 aliphatic rings. The first-order valence-electron chi connectivity index (χ1n) is 4.17. The van der Waals surface area contributed by atoms with E-state index in [4.69, 9.17) is 11.6 Å². The van der Waals surface area contributed by atoms with Crippen LogP contribution in [0.4, 0.5) is 5.69 Å². The molecule has 0 aliphatic heterocycles. The highest BCUT2D eigenvalue weighted by atomic mass is 35.5. The van der Waals surface area contributed by atoms with Crippen molar-refractivity contribution < 1.29 is 4.79 Å². The highest BCUT2D eigenvalue weighted by Gasteiger charge is 2.05. The zero-order valence-corrected chi connectivity index (χ0v) is 8.35.